The fraction of sp³-hybridized carbons (Fsp3) is 0.400. The van der Waals surface area contributed by atoms with Crippen LogP contribution in [0.2, 0.25) is 0 Å². The molecular formula is C10H12F3N. The first-order valence-corrected chi connectivity index (χ1v) is 4.38. The standard InChI is InChI=1S/C10H12F3N/c1-2-7-3-4-9(10(11,12)13)8(5-7)6-14/h3-5H,2,6,14H2,1H3. The van der Waals surface area contributed by atoms with Crippen molar-refractivity contribution in [1.29, 1.82) is 0 Å². The van der Waals surface area contributed by atoms with Crippen LogP contribution in [-0.4, -0.2) is 0 Å². The Kier molecular flexibility index (Phi) is 3.16. The Labute approximate surface area is 80.7 Å². The Morgan fingerprint density at radius 2 is 1.93 bits per heavy atom. The maximum atomic E-state index is 12.4. The van der Waals surface area contributed by atoms with Gasteiger partial charge in [0.2, 0.25) is 0 Å². The molecule has 2 N–H and O–H groups in total. The molecule has 14 heavy (non-hydrogen) atoms. The molecule has 0 atom stereocenters. The van der Waals surface area contributed by atoms with Crippen LogP contribution in [0.5, 0.6) is 0 Å². The van der Waals surface area contributed by atoms with Crippen LogP contribution in [0.1, 0.15) is 23.6 Å². The molecule has 1 rings (SSSR count). The summed E-state index contributed by atoms with van der Waals surface area (Å²) in [5, 5.41) is 0. The van der Waals surface area contributed by atoms with Crippen molar-refractivity contribution in [3.8, 4) is 0 Å². The van der Waals surface area contributed by atoms with Gasteiger partial charge < -0.3 is 5.73 Å². The molecule has 1 nitrogen and oxygen atoms in total. The van der Waals surface area contributed by atoms with Crippen molar-refractivity contribution in [2.24, 2.45) is 5.73 Å². The molecule has 0 saturated carbocycles. The monoisotopic (exact) mass is 203 g/mol. The Bertz CT molecular complexity index is 318. The zero-order valence-corrected chi connectivity index (χ0v) is 7.86. The SMILES string of the molecule is CCc1ccc(C(F)(F)F)c(CN)c1. The largest absolute Gasteiger partial charge is 0.416 e. The van der Waals surface area contributed by atoms with Gasteiger partial charge in [-0.1, -0.05) is 19.1 Å². The summed E-state index contributed by atoms with van der Waals surface area (Å²) in [6.07, 6.45) is -3.59. The summed E-state index contributed by atoms with van der Waals surface area (Å²) in [6, 6.07) is 4.10. The lowest BCUT2D eigenvalue weighted by Crippen LogP contribution is -2.12. The van der Waals surface area contributed by atoms with Gasteiger partial charge in [0.1, 0.15) is 0 Å². The van der Waals surface area contributed by atoms with Gasteiger partial charge in [0, 0.05) is 6.54 Å². The molecule has 0 fully saturated rings. The van der Waals surface area contributed by atoms with E-state index < -0.39 is 11.7 Å². The molecule has 0 bridgehead atoms. The normalized spacial score (nSPS) is 11.8. The van der Waals surface area contributed by atoms with Gasteiger partial charge in [0.15, 0.2) is 0 Å². The predicted molar refractivity (Wildman–Crippen MR) is 48.7 cm³/mol. The van der Waals surface area contributed by atoms with Crippen molar-refractivity contribution in [1.82, 2.24) is 0 Å². The van der Waals surface area contributed by atoms with Crippen molar-refractivity contribution >= 4 is 0 Å². The highest BCUT2D eigenvalue weighted by Crippen LogP contribution is 2.32. The first kappa shape index (κ1) is 11.0. The van der Waals surface area contributed by atoms with Crippen LogP contribution in [0.15, 0.2) is 18.2 Å². The van der Waals surface area contributed by atoms with Crippen LogP contribution in [-0.2, 0) is 19.1 Å². The molecule has 0 spiro atoms. The molecule has 0 aliphatic carbocycles. The van der Waals surface area contributed by atoms with Gasteiger partial charge in [-0.15, -0.1) is 0 Å². The maximum absolute atomic E-state index is 12.4. The topological polar surface area (TPSA) is 26.0 Å². The lowest BCUT2D eigenvalue weighted by molar-refractivity contribution is -0.138. The van der Waals surface area contributed by atoms with Gasteiger partial charge in [0.05, 0.1) is 5.56 Å². The Hall–Kier alpha value is -1.03. The van der Waals surface area contributed by atoms with Crippen LogP contribution in [0.25, 0.3) is 0 Å². The van der Waals surface area contributed by atoms with Crippen molar-refractivity contribution in [2.45, 2.75) is 26.1 Å². The molecule has 0 radical (unpaired) electrons. The number of alkyl halides is 3. The summed E-state index contributed by atoms with van der Waals surface area (Å²) >= 11 is 0. The molecule has 0 aromatic heterocycles. The number of nitrogens with two attached hydrogens (primary N) is 1. The van der Waals surface area contributed by atoms with Crippen molar-refractivity contribution < 1.29 is 13.2 Å². The van der Waals surface area contributed by atoms with E-state index in [-0.39, 0.29) is 12.1 Å². The van der Waals surface area contributed by atoms with E-state index in [1.807, 2.05) is 6.92 Å². The van der Waals surface area contributed by atoms with Gasteiger partial charge >= 0.3 is 6.18 Å². The van der Waals surface area contributed by atoms with Gasteiger partial charge in [-0.3, -0.25) is 0 Å². The summed E-state index contributed by atoms with van der Waals surface area (Å²) in [7, 11) is 0. The molecule has 0 unspecified atom stereocenters. The maximum Gasteiger partial charge on any atom is 0.416 e. The minimum atomic E-state index is -4.30. The highest BCUT2D eigenvalue weighted by atomic mass is 19.4. The van der Waals surface area contributed by atoms with Crippen LogP contribution in [0, 0.1) is 0 Å². The molecule has 0 heterocycles. The molecule has 1 aromatic carbocycles. The average Bonchev–Trinajstić information content (AvgIpc) is 2.15. The highest BCUT2D eigenvalue weighted by Gasteiger charge is 2.32. The Morgan fingerprint density at radius 1 is 1.29 bits per heavy atom. The third kappa shape index (κ3) is 2.26. The van der Waals surface area contributed by atoms with Crippen LogP contribution in [0.4, 0.5) is 13.2 Å². The molecule has 0 aliphatic heterocycles. The van der Waals surface area contributed by atoms with Gasteiger partial charge in [0.25, 0.3) is 0 Å². The summed E-state index contributed by atoms with van der Waals surface area (Å²) < 4.78 is 37.2. The minimum Gasteiger partial charge on any atom is -0.326 e. The summed E-state index contributed by atoms with van der Waals surface area (Å²) in [6.45, 7) is 1.81. The van der Waals surface area contributed by atoms with Crippen molar-refractivity contribution in [3.05, 3.63) is 34.9 Å². The van der Waals surface area contributed by atoms with Gasteiger partial charge in [-0.05, 0) is 23.6 Å². The highest BCUT2D eigenvalue weighted by molar-refractivity contribution is 5.34. The van der Waals surface area contributed by atoms with E-state index in [0.717, 1.165) is 11.6 Å². The number of aryl methyl sites for hydroxylation is 1. The molecular weight excluding hydrogens is 191 g/mol. The number of rotatable bonds is 2. The predicted octanol–water partition coefficient (Wildman–Crippen LogP) is 2.73. The van der Waals surface area contributed by atoms with E-state index in [0.29, 0.717) is 6.42 Å². The molecule has 1 aromatic rings. The summed E-state index contributed by atoms with van der Waals surface area (Å²) in [5.41, 5.74) is 5.68. The van der Waals surface area contributed by atoms with E-state index in [9.17, 15) is 13.2 Å². The fourth-order valence-electron chi connectivity index (χ4n) is 1.31. The van der Waals surface area contributed by atoms with E-state index in [2.05, 4.69) is 0 Å². The van der Waals surface area contributed by atoms with Crippen molar-refractivity contribution in [3.63, 3.8) is 0 Å². The second-order valence-electron chi connectivity index (χ2n) is 3.05. The zero-order chi connectivity index (χ0) is 10.8. The Morgan fingerprint density at radius 3 is 2.36 bits per heavy atom. The molecule has 4 heteroatoms. The van der Waals surface area contributed by atoms with Crippen molar-refractivity contribution in [2.75, 3.05) is 0 Å². The molecule has 78 valence electrons. The van der Waals surface area contributed by atoms with Gasteiger partial charge in [-0.25, -0.2) is 0 Å². The average molecular weight is 203 g/mol. The number of benzene rings is 1. The zero-order valence-electron chi connectivity index (χ0n) is 7.86. The third-order valence-corrected chi connectivity index (χ3v) is 2.10. The quantitative estimate of drug-likeness (QED) is 0.785. The number of halogens is 3. The summed E-state index contributed by atoms with van der Waals surface area (Å²) in [5.74, 6) is 0. The Balaban J connectivity index is 3.18. The second kappa shape index (κ2) is 4.00. The van der Waals surface area contributed by atoms with Crippen LogP contribution in [0.3, 0.4) is 0 Å². The molecule has 0 amide bonds. The molecule has 0 aliphatic rings. The fourth-order valence-corrected chi connectivity index (χ4v) is 1.31. The van der Waals surface area contributed by atoms with Crippen LogP contribution >= 0.6 is 0 Å². The molecule has 0 saturated heterocycles. The number of hydrogen-bond donors (Lipinski definition) is 1. The van der Waals surface area contributed by atoms with E-state index >= 15 is 0 Å². The number of hydrogen-bond acceptors (Lipinski definition) is 1. The lowest BCUT2D eigenvalue weighted by Gasteiger charge is -2.12. The van der Waals surface area contributed by atoms with Gasteiger partial charge in [-0.2, -0.15) is 13.2 Å². The lowest BCUT2D eigenvalue weighted by atomic mass is 10.0. The third-order valence-electron chi connectivity index (χ3n) is 2.10. The van der Waals surface area contributed by atoms with E-state index in [4.69, 9.17) is 5.73 Å². The van der Waals surface area contributed by atoms with E-state index in [1.165, 1.54) is 12.1 Å². The van der Waals surface area contributed by atoms with Crippen LogP contribution < -0.4 is 5.73 Å². The summed E-state index contributed by atoms with van der Waals surface area (Å²) in [4.78, 5) is 0. The smallest absolute Gasteiger partial charge is 0.326 e. The first-order chi connectivity index (χ1) is 6.49. The first-order valence-electron chi connectivity index (χ1n) is 4.38. The second-order valence-corrected chi connectivity index (χ2v) is 3.05. The minimum absolute atomic E-state index is 0.0807. The van der Waals surface area contributed by atoms with E-state index in [1.54, 1.807) is 0 Å².